The molecule has 0 aliphatic rings. The van der Waals surface area contributed by atoms with Gasteiger partial charge in [-0.2, -0.15) is 0 Å². The second kappa shape index (κ2) is 7.37. The Morgan fingerprint density at radius 2 is 2.08 bits per heavy atom. The van der Waals surface area contributed by atoms with E-state index in [0.29, 0.717) is 12.0 Å². The Labute approximate surface area is 149 Å². The minimum absolute atomic E-state index is 0.132. The predicted molar refractivity (Wildman–Crippen MR) is 98.2 cm³/mol. The molecule has 1 heterocycles. The topological polar surface area (TPSA) is 108 Å². The molecular weight excluding hydrogens is 334 g/mol. The summed E-state index contributed by atoms with van der Waals surface area (Å²) in [4.78, 5) is 26.1. The first-order chi connectivity index (χ1) is 12.5. The van der Waals surface area contributed by atoms with Gasteiger partial charge in [-0.1, -0.05) is 18.2 Å². The number of rotatable bonds is 6. The second-order valence-electron chi connectivity index (χ2n) is 6.23. The average Bonchev–Trinajstić information content (AvgIpc) is 3.03. The lowest BCUT2D eigenvalue weighted by Crippen LogP contribution is -2.39. The van der Waals surface area contributed by atoms with Crippen LogP contribution in [0.1, 0.15) is 21.5 Å². The van der Waals surface area contributed by atoms with E-state index < -0.39 is 16.9 Å². The Balaban J connectivity index is 1.78. The van der Waals surface area contributed by atoms with E-state index in [1.54, 1.807) is 13.0 Å². The summed E-state index contributed by atoms with van der Waals surface area (Å²) in [5.74, 6) is -0.448. The number of aromatic amines is 1. The number of amides is 1. The van der Waals surface area contributed by atoms with Crippen molar-refractivity contribution in [2.45, 2.75) is 19.4 Å². The number of hydrogen-bond acceptors (Lipinski definition) is 4. The smallest absolute Gasteiger partial charge is 0.270 e. The third kappa shape index (κ3) is 3.73. The lowest BCUT2D eigenvalue weighted by Gasteiger charge is -2.16. The van der Waals surface area contributed by atoms with E-state index in [1.807, 2.05) is 30.5 Å². The molecule has 0 saturated heterocycles. The number of para-hydroxylation sites is 1. The summed E-state index contributed by atoms with van der Waals surface area (Å²) in [6.07, 6.45) is 2.30. The highest BCUT2D eigenvalue weighted by Gasteiger charge is 2.18. The molecule has 7 nitrogen and oxygen atoms in total. The number of aromatic nitrogens is 1. The number of carbonyl (C=O) groups is 1. The first-order valence-corrected chi connectivity index (χ1v) is 8.20. The Morgan fingerprint density at radius 3 is 2.81 bits per heavy atom. The van der Waals surface area contributed by atoms with Crippen LogP contribution in [0.5, 0.6) is 0 Å². The van der Waals surface area contributed by atoms with Crippen molar-refractivity contribution in [3.8, 4) is 0 Å². The molecule has 134 valence electrons. The van der Waals surface area contributed by atoms with Gasteiger partial charge in [-0.25, -0.2) is 0 Å². The number of H-pyrrole nitrogens is 1. The van der Waals surface area contributed by atoms with Crippen LogP contribution in [-0.4, -0.2) is 33.6 Å². The monoisotopic (exact) mass is 353 g/mol. The zero-order valence-corrected chi connectivity index (χ0v) is 14.2. The van der Waals surface area contributed by atoms with Crippen molar-refractivity contribution in [2.75, 3.05) is 6.61 Å². The largest absolute Gasteiger partial charge is 0.394 e. The standard InChI is InChI=1S/C19H19N3O4/c1-12-6-13(9-16(7-12)22(25)26)19(24)21-15(11-23)8-14-10-20-18-5-3-2-4-17(14)18/h2-7,9-10,15,20,23H,8,11H2,1H3,(H,21,24). The van der Waals surface area contributed by atoms with Crippen molar-refractivity contribution < 1.29 is 14.8 Å². The fourth-order valence-electron chi connectivity index (χ4n) is 3.00. The zero-order chi connectivity index (χ0) is 18.7. The maximum absolute atomic E-state index is 12.5. The number of nitro benzene ring substituents is 1. The number of aliphatic hydroxyl groups is 1. The third-order valence-corrected chi connectivity index (χ3v) is 4.23. The first-order valence-electron chi connectivity index (χ1n) is 8.20. The SMILES string of the molecule is Cc1cc(C(=O)NC(CO)Cc2c[nH]c3ccccc23)cc([N+](=O)[O-])c1. The molecule has 0 fully saturated rings. The molecule has 3 aromatic rings. The van der Waals surface area contributed by atoms with E-state index in [0.717, 1.165) is 16.5 Å². The maximum Gasteiger partial charge on any atom is 0.270 e. The number of fused-ring (bicyclic) bond motifs is 1. The van der Waals surface area contributed by atoms with Crippen LogP contribution in [0, 0.1) is 17.0 Å². The fourth-order valence-corrected chi connectivity index (χ4v) is 3.00. The molecule has 1 atom stereocenters. The van der Waals surface area contributed by atoms with E-state index in [2.05, 4.69) is 10.3 Å². The second-order valence-corrected chi connectivity index (χ2v) is 6.23. The molecule has 0 spiro atoms. The molecule has 7 heteroatoms. The number of aryl methyl sites for hydroxylation is 1. The Bertz CT molecular complexity index is 964. The average molecular weight is 353 g/mol. The Morgan fingerprint density at radius 1 is 1.31 bits per heavy atom. The lowest BCUT2D eigenvalue weighted by atomic mass is 10.0. The van der Waals surface area contributed by atoms with Crippen molar-refractivity contribution in [3.05, 3.63) is 75.5 Å². The molecule has 0 radical (unpaired) electrons. The number of non-ortho nitro benzene ring substituents is 1. The molecule has 1 amide bonds. The number of nitrogens with zero attached hydrogens (tertiary/aromatic N) is 1. The molecule has 2 aromatic carbocycles. The van der Waals surface area contributed by atoms with Gasteiger partial charge in [-0.15, -0.1) is 0 Å². The molecule has 0 aliphatic carbocycles. The van der Waals surface area contributed by atoms with Crippen molar-refractivity contribution in [3.63, 3.8) is 0 Å². The highest BCUT2D eigenvalue weighted by molar-refractivity contribution is 5.95. The van der Waals surface area contributed by atoms with Gasteiger partial charge >= 0.3 is 0 Å². The first kappa shape index (κ1) is 17.6. The van der Waals surface area contributed by atoms with Gasteiger partial charge in [0.25, 0.3) is 11.6 Å². The van der Waals surface area contributed by atoms with Crippen LogP contribution in [0.15, 0.2) is 48.7 Å². The Kier molecular flexibility index (Phi) is 4.99. The van der Waals surface area contributed by atoms with Gasteiger partial charge in [0.15, 0.2) is 0 Å². The summed E-state index contributed by atoms with van der Waals surface area (Å²) in [7, 11) is 0. The van der Waals surface area contributed by atoms with Gasteiger partial charge in [0.05, 0.1) is 17.6 Å². The van der Waals surface area contributed by atoms with E-state index in [-0.39, 0.29) is 17.9 Å². The van der Waals surface area contributed by atoms with Gasteiger partial charge in [-0.3, -0.25) is 14.9 Å². The van der Waals surface area contributed by atoms with Gasteiger partial charge in [0, 0.05) is 34.8 Å². The van der Waals surface area contributed by atoms with Crippen LogP contribution in [-0.2, 0) is 6.42 Å². The molecule has 1 aromatic heterocycles. The fraction of sp³-hybridized carbons (Fsp3) is 0.211. The van der Waals surface area contributed by atoms with Gasteiger partial charge in [0.2, 0.25) is 0 Å². The lowest BCUT2D eigenvalue weighted by molar-refractivity contribution is -0.384. The van der Waals surface area contributed by atoms with Crippen molar-refractivity contribution in [2.24, 2.45) is 0 Å². The summed E-state index contributed by atoms with van der Waals surface area (Å²) >= 11 is 0. The molecule has 0 saturated carbocycles. The third-order valence-electron chi connectivity index (χ3n) is 4.23. The minimum atomic E-state index is -0.529. The highest BCUT2D eigenvalue weighted by Crippen LogP contribution is 2.20. The number of benzene rings is 2. The summed E-state index contributed by atoms with van der Waals surface area (Å²) in [5, 5.41) is 24.4. The number of hydrogen-bond donors (Lipinski definition) is 3. The summed E-state index contributed by atoms with van der Waals surface area (Å²) < 4.78 is 0. The van der Waals surface area contributed by atoms with Gasteiger partial charge in [-0.05, 0) is 36.6 Å². The van der Waals surface area contributed by atoms with Gasteiger partial charge < -0.3 is 15.4 Å². The van der Waals surface area contributed by atoms with Crippen LogP contribution in [0.2, 0.25) is 0 Å². The molecule has 0 aliphatic heterocycles. The summed E-state index contributed by atoms with van der Waals surface area (Å²) in [5.41, 5.74) is 2.66. The van der Waals surface area contributed by atoms with Crippen LogP contribution >= 0.6 is 0 Å². The van der Waals surface area contributed by atoms with Crippen molar-refractivity contribution >= 4 is 22.5 Å². The maximum atomic E-state index is 12.5. The van der Waals surface area contributed by atoms with E-state index in [4.69, 9.17) is 0 Å². The van der Waals surface area contributed by atoms with E-state index in [1.165, 1.54) is 12.1 Å². The normalized spacial score (nSPS) is 12.1. The number of carbonyl (C=O) groups excluding carboxylic acids is 1. The molecule has 3 rings (SSSR count). The quantitative estimate of drug-likeness (QED) is 0.468. The molecule has 1 unspecified atom stereocenters. The minimum Gasteiger partial charge on any atom is -0.394 e. The number of aliphatic hydroxyl groups excluding tert-OH is 1. The Hall–Kier alpha value is -3.19. The number of nitro groups is 1. The van der Waals surface area contributed by atoms with Gasteiger partial charge in [0.1, 0.15) is 0 Å². The summed E-state index contributed by atoms with van der Waals surface area (Å²) in [6.45, 7) is 1.46. The van der Waals surface area contributed by atoms with Crippen LogP contribution in [0.25, 0.3) is 10.9 Å². The van der Waals surface area contributed by atoms with Crippen molar-refractivity contribution in [1.29, 1.82) is 0 Å². The molecule has 0 bridgehead atoms. The van der Waals surface area contributed by atoms with E-state index >= 15 is 0 Å². The predicted octanol–water partition coefficient (Wildman–Crippen LogP) is 2.72. The molecular formula is C19H19N3O4. The van der Waals surface area contributed by atoms with Crippen LogP contribution in [0.3, 0.4) is 0 Å². The highest BCUT2D eigenvalue weighted by atomic mass is 16.6. The van der Waals surface area contributed by atoms with Crippen molar-refractivity contribution in [1.82, 2.24) is 10.3 Å². The summed E-state index contributed by atoms with van der Waals surface area (Å²) in [6, 6.07) is 11.5. The molecule has 3 N–H and O–H groups in total. The number of nitrogens with one attached hydrogen (secondary N) is 2. The van der Waals surface area contributed by atoms with Crippen LogP contribution in [0.4, 0.5) is 5.69 Å². The van der Waals surface area contributed by atoms with Crippen LogP contribution < -0.4 is 5.32 Å². The molecule has 26 heavy (non-hydrogen) atoms. The van der Waals surface area contributed by atoms with E-state index in [9.17, 15) is 20.0 Å². The zero-order valence-electron chi connectivity index (χ0n) is 14.2.